The molecule has 0 spiro atoms. The van der Waals surface area contributed by atoms with Crippen LogP contribution in [0.1, 0.15) is 29.4 Å². The lowest BCUT2D eigenvalue weighted by Crippen LogP contribution is -2.38. The summed E-state index contributed by atoms with van der Waals surface area (Å²) in [5, 5.41) is 4.32. The van der Waals surface area contributed by atoms with Gasteiger partial charge in [-0.25, -0.2) is 0 Å². The summed E-state index contributed by atoms with van der Waals surface area (Å²) in [6.45, 7) is 7.80. The largest absolute Gasteiger partial charge is 0.430 e. The van der Waals surface area contributed by atoms with E-state index in [0.29, 0.717) is 23.5 Å². The summed E-state index contributed by atoms with van der Waals surface area (Å²) in [7, 11) is 0. The third-order valence-corrected chi connectivity index (χ3v) is 4.70. The number of rotatable bonds is 9. The van der Waals surface area contributed by atoms with Crippen molar-refractivity contribution in [2.75, 3.05) is 11.4 Å². The Kier molecular flexibility index (Phi) is 8.17. The summed E-state index contributed by atoms with van der Waals surface area (Å²) in [4.78, 5) is 27.2. The van der Waals surface area contributed by atoms with Crippen molar-refractivity contribution >= 4 is 17.4 Å². The van der Waals surface area contributed by atoms with Gasteiger partial charge >= 0.3 is 6.18 Å². The van der Waals surface area contributed by atoms with Crippen molar-refractivity contribution in [3.8, 4) is 0 Å². The number of nitrogens with two attached hydrogens (primary N) is 1. The number of hydrogen-bond acceptors (Lipinski definition) is 4. The van der Waals surface area contributed by atoms with Crippen molar-refractivity contribution in [2.24, 2.45) is 5.73 Å². The molecule has 32 heavy (non-hydrogen) atoms. The number of halogens is 3. The van der Waals surface area contributed by atoms with Gasteiger partial charge in [0.1, 0.15) is 5.70 Å². The first-order valence-corrected chi connectivity index (χ1v) is 9.89. The molecule has 2 N–H and O–H groups in total. The van der Waals surface area contributed by atoms with E-state index in [-0.39, 0.29) is 18.5 Å². The number of aryl methyl sites for hydroxylation is 2. The summed E-state index contributed by atoms with van der Waals surface area (Å²) in [6, 6.07) is 8.12. The average molecular weight is 446 g/mol. The van der Waals surface area contributed by atoms with Gasteiger partial charge in [-0.1, -0.05) is 49.1 Å². The highest BCUT2D eigenvalue weighted by atomic mass is 19.4. The predicted octanol–water partition coefficient (Wildman–Crippen LogP) is 4.33. The van der Waals surface area contributed by atoms with E-state index in [1.54, 1.807) is 48.1 Å². The fourth-order valence-corrected chi connectivity index (χ4v) is 2.89. The second kappa shape index (κ2) is 10.6. The fraction of sp³-hybridized carbons (Fsp3) is 0.261. The maximum Gasteiger partial charge on any atom is 0.430 e. The van der Waals surface area contributed by atoms with Crippen LogP contribution >= 0.6 is 0 Å². The summed E-state index contributed by atoms with van der Waals surface area (Å²) in [6.07, 6.45) is 0.487. The zero-order valence-corrected chi connectivity index (χ0v) is 17.9. The zero-order valence-electron chi connectivity index (χ0n) is 17.9. The number of hydrogen-bond donors (Lipinski definition) is 1. The molecule has 0 aliphatic rings. The lowest BCUT2D eigenvalue weighted by atomic mass is 10.1. The Morgan fingerprint density at radius 1 is 1.22 bits per heavy atom. The van der Waals surface area contributed by atoms with Crippen LogP contribution in [0.15, 0.2) is 72.6 Å². The Morgan fingerprint density at radius 3 is 2.41 bits per heavy atom. The first kappa shape index (κ1) is 24.6. The minimum atomic E-state index is -4.64. The number of allylic oxidation sites excluding steroid dienone is 4. The molecule has 2 rings (SSSR count). The molecule has 170 valence electrons. The average Bonchev–Trinajstić information content (AvgIpc) is 3.15. The van der Waals surface area contributed by atoms with Gasteiger partial charge in [0.2, 0.25) is 0 Å². The molecule has 6 nitrogen and oxygen atoms in total. The molecule has 0 bridgehead atoms. The number of carbonyl (C=O) groups excluding carboxylic acids is 2. The molecule has 1 aromatic heterocycles. The van der Waals surface area contributed by atoms with Crippen LogP contribution in [0.2, 0.25) is 0 Å². The maximum atomic E-state index is 13.1. The molecule has 2 aromatic rings. The number of alkyl halides is 3. The van der Waals surface area contributed by atoms with Gasteiger partial charge < -0.3 is 10.6 Å². The topological polar surface area (TPSA) is 81.2 Å². The van der Waals surface area contributed by atoms with E-state index in [4.69, 9.17) is 5.73 Å². The van der Waals surface area contributed by atoms with E-state index in [9.17, 15) is 22.8 Å². The van der Waals surface area contributed by atoms with Crippen molar-refractivity contribution in [1.29, 1.82) is 0 Å². The Balaban J connectivity index is 2.34. The lowest BCUT2D eigenvalue weighted by molar-refractivity contribution is -0.114. The quantitative estimate of drug-likeness (QED) is 0.353. The SMILES string of the molecule is C=C/C(=C\C=C(/N)C(F)(F)F)CCN(C(=O)C(=O)c1ccccc1)c1cn(CC)nc1C. The van der Waals surface area contributed by atoms with Crippen LogP contribution in [0.25, 0.3) is 0 Å². The third-order valence-electron chi connectivity index (χ3n) is 4.70. The van der Waals surface area contributed by atoms with E-state index in [1.807, 2.05) is 6.92 Å². The van der Waals surface area contributed by atoms with Crippen LogP contribution in [0, 0.1) is 6.92 Å². The highest BCUT2D eigenvalue weighted by molar-refractivity contribution is 6.47. The van der Waals surface area contributed by atoms with E-state index in [0.717, 1.165) is 6.08 Å². The Bertz CT molecular complexity index is 1040. The Hall–Kier alpha value is -3.62. The minimum Gasteiger partial charge on any atom is -0.395 e. The molecule has 1 aromatic carbocycles. The Labute approximate surface area is 184 Å². The summed E-state index contributed by atoms with van der Waals surface area (Å²) in [5.74, 6) is -1.46. The summed E-state index contributed by atoms with van der Waals surface area (Å²) in [5.41, 5.74) is 5.44. The second-order valence-corrected chi connectivity index (χ2v) is 6.92. The number of aromatic nitrogens is 2. The van der Waals surface area contributed by atoms with Crippen LogP contribution < -0.4 is 10.6 Å². The lowest BCUT2D eigenvalue weighted by Gasteiger charge is -2.21. The highest BCUT2D eigenvalue weighted by Gasteiger charge is 2.31. The minimum absolute atomic E-state index is 0.0330. The molecule has 0 saturated carbocycles. The Morgan fingerprint density at radius 2 is 1.88 bits per heavy atom. The third kappa shape index (κ3) is 6.19. The number of ketones is 1. The monoisotopic (exact) mass is 446 g/mol. The number of nitrogens with zero attached hydrogens (tertiary/aromatic N) is 3. The van der Waals surface area contributed by atoms with Gasteiger partial charge in [-0.2, -0.15) is 18.3 Å². The highest BCUT2D eigenvalue weighted by Crippen LogP contribution is 2.23. The number of benzene rings is 1. The predicted molar refractivity (Wildman–Crippen MR) is 117 cm³/mol. The molecule has 1 heterocycles. The number of amides is 1. The van der Waals surface area contributed by atoms with E-state index in [1.165, 1.54) is 17.1 Å². The zero-order chi connectivity index (χ0) is 23.9. The van der Waals surface area contributed by atoms with Crippen molar-refractivity contribution in [3.05, 3.63) is 83.9 Å². The standard InChI is InChI=1S/C23H25F3N4O2/c1-4-17(11-12-20(27)23(24,25)26)13-14-30(19-15-29(5-2)28-16(19)3)22(32)21(31)18-9-7-6-8-10-18/h4,6-12,15H,1,5,13-14,27H2,2-3H3/b17-11+,20-12-. The van der Waals surface area contributed by atoms with Crippen LogP contribution in [0.5, 0.6) is 0 Å². The van der Waals surface area contributed by atoms with E-state index < -0.39 is 23.6 Å². The number of anilines is 1. The van der Waals surface area contributed by atoms with Crippen LogP contribution in [0.4, 0.5) is 18.9 Å². The van der Waals surface area contributed by atoms with Gasteiger partial charge in [-0.3, -0.25) is 14.3 Å². The second-order valence-electron chi connectivity index (χ2n) is 6.92. The molecular weight excluding hydrogens is 421 g/mol. The fourth-order valence-electron chi connectivity index (χ4n) is 2.89. The smallest absolute Gasteiger partial charge is 0.395 e. The summed E-state index contributed by atoms with van der Waals surface area (Å²) < 4.78 is 39.5. The molecule has 1 amide bonds. The van der Waals surface area contributed by atoms with Crippen molar-refractivity contribution in [3.63, 3.8) is 0 Å². The molecular formula is C23H25F3N4O2. The van der Waals surface area contributed by atoms with Crippen LogP contribution in [-0.2, 0) is 11.3 Å². The first-order chi connectivity index (χ1) is 15.1. The molecule has 9 heteroatoms. The van der Waals surface area contributed by atoms with Gasteiger partial charge in [0.25, 0.3) is 11.7 Å². The van der Waals surface area contributed by atoms with Gasteiger partial charge in [-0.15, -0.1) is 0 Å². The molecule has 0 aliphatic heterocycles. The van der Waals surface area contributed by atoms with Gasteiger partial charge in [0.15, 0.2) is 0 Å². The summed E-state index contributed by atoms with van der Waals surface area (Å²) >= 11 is 0. The van der Waals surface area contributed by atoms with E-state index >= 15 is 0 Å². The molecule has 0 fully saturated rings. The van der Waals surface area contributed by atoms with Gasteiger partial charge in [0, 0.05) is 24.8 Å². The van der Waals surface area contributed by atoms with E-state index in [2.05, 4.69) is 11.7 Å². The van der Waals surface area contributed by atoms with Crippen LogP contribution in [0.3, 0.4) is 0 Å². The number of Topliss-reactive ketones (excluding diaryl/α,β-unsaturated/α-hetero) is 1. The van der Waals surface area contributed by atoms with Gasteiger partial charge in [0.05, 0.1) is 11.4 Å². The molecule has 0 saturated heterocycles. The van der Waals surface area contributed by atoms with Crippen molar-refractivity contribution in [1.82, 2.24) is 9.78 Å². The van der Waals surface area contributed by atoms with Crippen molar-refractivity contribution < 1.29 is 22.8 Å². The van der Waals surface area contributed by atoms with Gasteiger partial charge in [-0.05, 0) is 31.9 Å². The normalized spacial score (nSPS) is 12.5. The maximum absolute atomic E-state index is 13.1. The molecule has 0 radical (unpaired) electrons. The molecule has 0 unspecified atom stereocenters. The first-order valence-electron chi connectivity index (χ1n) is 9.89. The molecule has 0 atom stereocenters. The molecule has 0 aliphatic carbocycles. The number of carbonyl (C=O) groups is 2. The van der Waals surface area contributed by atoms with Crippen LogP contribution in [-0.4, -0.2) is 34.2 Å². The van der Waals surface area contributed by atoms with Crippen molar-refractivity contribution in [2.45, 2.75) is 33.0 Å².